The second-order valence-corrected chi connectivity index (χ2v) is 3.74. The molecule has 76 valence electrons. The first kappa shape index (κ1) is 9.72. The lowest BCUT2D eigenvalue weighted by Gasteiger charge is -2.27. The van der Waals surface area contributed by atoms with Gasteiger partial charge in [-0.3, -0.25) is 4.79 Å². The van der Waals surface area contributed by atoms with Gasteiger partial charge in [-0.05, 0) is 30.5 Å². The van der Waals surface area contributed by atoms with Crippen molar-refractivity contribution in [2.45, 2.75) is 13.3 Å². The van der Waals surface area contributed by atoms with Crippen molar-refractivity contribution in [2.75, 3.05) is 13.1 Å². The van der Waals surface area contributed by atoms with Crippen LogP contribution in [0.15, 0.2) is 18.2 Å². The summed E-state index contributed by atoms with van der Waals surface area (Å²) in [4.78, 5) is 13.5. The topological polar surface area (TPSA) is 44.1 Å². The molecular weight excluding hydrogens is 188 g/mol. The lowest BCUT2D eigenvalue weighted by molar-refractivity contribution is 0.0761. The van der Waals surface area contributed by atoms with Crippen molar-refractivity contribution in [3.8, 4) is 6.07 Å². The first-order chi connectivity index (χ1) is 7.24. The van der Waals surface area contributed by atoms with Gasteiger partial charge in [0.25, 0.3) is 5.91 Å². The van der Waals surface area contributed by atoms with E-state index in [1.807, 2.05) is 31.2 Å². The Morgan fingerprint density at radius 2 is 2.33 bits per heavy atom. The van der Waals surface area contributed by atoms with E-state index in [0.717, 1.165) is 23.1 Å². The number of amides is 1. The largest absolute Gasteiger partial charge is 0.325 e. The molecule has 2 rings (SSSR count). The number of nitriles is 1. The standard InChI is InChI=1S/C12H12N2O/c1-9-3-2-4-11-10(9)5-7-14(8-6-13)12(11)15/h2-4H,5,7-8H2,1H3. The number of nitrogens with zero attached hydrogens (tertiary/aromatic N) is 2. The zero-order chi connectivity index (χ0) is 10.8. The summed E-state index contributed by atoms with van der Waals surface area (Å²) in [6.45, 7) is 2.86. The van der Waals surface area contributed by atoms with Crippen LogP contribution in [0.1, 0.15) is 21.5 Å². The van der Waals surface area contributed by atoms with E-state index >= 15 is 0 Å². The fourth-order valence-corrected chi connectivity index (χ4v) is 1.99. The molecule has 1 aliphatic rings. The molecule has 0 saturated carbocycles. The van der Waals surface area contributed by atoms with Crippen molar-refractivity contribution in [1.29, 1.82) is 5.26 Å². The molecule has 1 heterocycles. The third-order valence-corrected chi connectivity index (χ3v) is 2.82. The van der Waals surface area contributed by atoms with Crippen LogP contribution in [0.4, 0.5) is 0 Å². The summed E-state index contributed by atoms with van der Waals surface area (Å²) in [5.74, 6) is -0.0125. The van der Waals surface area contributed by atoms with E-state index in [9.17, 15) is 4.79 Å². The second-order valence-electron chi connectivity index (χ2n) is 3.74. The summed E-state index contributed by atoms with van der Waals surface area (Å²) in [5, 5.41) is 8.59. The van der Waals surface area contributed by atoms with E-state index in [0.29, 0.717) is 6.54 Å². The molecular formula is C12H12N2O. The van der Waals surface area contributed by atoms with Crippen molar-refractivity contribution in [3.05, 3.63) is 34.9 Å². The Hall–Kier alpha value is -1.82. The van der Waals surface area contributed by atoms with Gasteiger partial charge in [0.1, 0.15) is 6.54 Å². The number of aryl methyl sites for hydroxylation is 1. The van der Waals surface area contributed by atoms with Crippen molar-refractivity contribution in [2.24, 2.45) is 0 Å². The molecule has 3 heteroatoms. The summed E-state index contributed by atoms with van der Waals surface area (Å²) in [5.41, 5.74) is 3.06. The highest BCUT2D eigenvalue weighted by Gasteiger charge is 2.24. The normalized spacial score (nSPS) is 14.7. The smallest absolute Gasteiger partial charge is 0.255 e. The fraction of sp³-hybridized carbons (Fsp3) is 0.333. The number of benzene rings is 1. The molecule has 0 saturated heterocycles. The monoisotopic (exact) mass is 200 g/mol. The minimum absolute atomic E-state index is 0.0125. The molecule has 0 bridgehead atoms. The van der Waals surface area contributed by atoms with Crippen LogP contribution in [0.5, 0.6) is 0 Å². The number of rotatable bonds is 1. The van der Waals surface area contributed by atoms with Crippen LogP contribution in [-0.2, 0) is 6.42 Å². The lowest BCUT2D eigenvalue weighted by atomic mass is 9.95. The van der Waals surface area contributed by atoms with Crippen molar-refractivity contribution >= 4 is 5.91 Å². The van der Waals surface area contributed by atoms with E-state index in [2.05, 4.69) is 0 Å². The van der Waals surface area contributed by atoms with Gasteiger partial charge in [-0.15, -0.1) is 0 Å². The molecule has 1 aliphatic heterocycles. The summed E-state index contributed by atoms with van der Waals surface area (Å²) in [7, 11) is 0. The maximum absolute atomic E-state index is 11.9. The first-order valence-electron chi connectivity index (χ1n) is 4.98. The molecule has 0 aliphatic carbocycles. The molecule has 0 radical (unpaired) electrons. The van der Waals surface area contributed by atoms with Gasteiger partial charge in [-0.2, -0.15) is 5.26 Å². The van der Waals surface area contributed by atoms with Crippen LogP contribution < -0.4 is 0 Å². The summed E-state index contributed by atoms with van der Waals surface area (Å²) >= 11 is 0. The zero-order valence-corrected chi connectivity index (χ0v) is 8.66. The molecule has 0 aromatic heterocycles. The minimum Gasteiger partial charge on any atom is -0.325 e. The molecule has 15 heavy (non-hydrogen) atoms. The number of hydrogen-bond acceptors (Lipinski definition) is 2. The van der Waals surface area contributed by atoms with Gasteiger partial charge in [0.05, 0.1) is 6.07 Å². The molecule has 1 aromatic rings. The lowest BCUT2D eigenvalue weighted by Crippen LogP contribution is -2.38. The Morgan fingerprint density at radius 1 is 1.53 bits per heavy atom. The van der Waals surface area contributed by atoms with Gasteiger partial charge < -0.3 is 4.90 Å². The highest BCUT2D eigenvalue weighted by Crippen LogP contribution is 2.21. The average molecular weight is 200 g/mol. The third kappa shape index (κ3) is 1.59. The van der Waals surface area contributed by atoms with Crippen LogP contribution in [0.25, 0.3) is 0 Å². The Morgan fingerprint density at radius 3 is 3.07 bits per heavy atom. The molecule has 0 unspecified atom stereocenters. The number of fused-ring (bicyclic) bond motifs is 1. The van der Waals surface area contributed by atoms with Crippen molar-refractivity contribution in [3.63, 3.8) is 0 Å². The molecule has 3 nitrogen and oxygen atoms in total. The Labute approximate surface area is 88.9 Å². The third-order valence-electron chi connectivity index (χ3n) is 2.82. The molecule has 1 aromatic carbocycles. The van der Waals surface area contributed by atoms with Crippen LogP contribution in [0, 0.1) is 18.3 Å². The summed E-state index contributed by atoms with van der Waals surface area (Å²) in [6, 6.07) is 7.77. The molecule has 0 fully saturated rings. The van der Waals surface area contributed by atoms with Crippen LogP contribution >= 0.6 is 0 Å². The zero-order valence-electron chi connectivity index (χ0n) is 8.66. The fourth-order valence-electron chi connectivity index (χ4n) is 1.99. The van der Waals surface area contributed by atoms with E-state index in [4.69, 9.17) is 5.26 Å². The summed E-state index contributed by atoms with van der Waals surface area (Å²) in [6.07, 6.45) is 0.857. The van der Waals surface area contributed by atoms with Gasteiger partial charge in [0.15, 0.2) is 0 Å². The van der Waals surface area contributed by atoms with E-state index in [-0.39, 0.29) is 12.5 Å². The SMILES string of the molecule is Cc1cccc2c1CCN(CC#N)C2=O. The number of carbonyl (C=O) groups is 1. The maximum Gasteiger partial charge on any atom is 0.255 e. The van der Waals surface area contributed by atoms with Gasteiger partial charge in [0, 0.05) is 12.1 Å². The molecule has 0 spiro atoms. The summed E-state index contributed by atoms with van der Waals surface area (Å²) < 4.78 is 0. The van der Waals surface area contributed by atoms with E-state index in [1.54, 1.807) is 4.90 Å². The first-order valence-corrected chi connectivity index (χ1v) is 4.98. The maximum atomic E-state index is 11.9. The Bertz CT molecular complexity index is 445. The minimum atomic E-state index is -0.0125. The average Bonchev–Trinajstić information content (AvgIpc) is 2.23. The van der Waals surface area contributed by atoms with Gasteiger partial charge in [-0.25, -0.2) is 0 Å². The van der Waals surface area contributed by atoms with E-state index in [1.165, 1.54) is 0 Å². The molecule has 1 amide bonds. The number of hydrogen-bond donors (Lipinski definition) is 0. The highest BCUT2D eigenvalue weighted by molar-refractivity contribution is 5.97. The van der Waals surface area contributed by atoms with Crippen LogP contribution in [-0.4, -0.2) is 23.9 Å². The quantitative estimate of drug-likeness (QED) is 0.645. The number of carbonyl (C=O) groups excluding carboxylic acids is 1. The van der Waals surface area contributed by atoms with Gasteiger partial charge >= 0.3 is 0 Å². The molecule has 0 atom stereocenters. The predicted octanol–water partition coefficient (Wildman–Crippen LogP) is 1.52. The van der Waals surface area contributed by atoms with Gasteiger partial charge in [0.2, 0.25) is 0 Å². The Balaban J connectivity index is 2.39. The van der Waals surface area contributed by atoms with Crippen molar-refractivity contribution < 1.29 is 4.79 Å². The molecule has 0 N–H and O–H groups in total. The van der Waals surface area contributed by atoms with Crippen LogP contribution in [0.2, 0.25) is 0 Å². The van der Waals surface area contributed by atoms with Crippen LogP contribution in [0.3, 0.4) is 0 Å². The highest BCUT2D eigenvalue weighted by atomic mass is 16.2. The second kappa shape index (κ2) is 3.74. The van der Waals surface area contributed by atoms with Crippen molar-refractivity contribution in [1.82, 2.24) is 4.90 Å². The van der Waals surface area contributed by atoms with Gasteiger partial charge in [-0.1, -0.05) is 12.1 Å². The van der Waals surface area contributed by atoms with E-state index < -0.39 is 0 Å². The Kier molecular flexibility index (Phi) is 2.42. The predicted molar refractivity (Wildman–Crippen MR) is 56.4 cm³/mol.